The molecule has 10 rings (SSSR count). The van der Waals surface area contributed by atoms with Crippen LogP contribution in [0.4, 0.5) is 17.1 Å². The molecule has 0 saturated heterocycles. The number of fused-ring (bicyclic) bond motifs is 7. The quantitative estimate of drug-likeness (QED) is 0.174. The van der Waals surface area contributed by atoms with E-state index in [-0.39, 0.29) is 5.41 Å². The Labute approximate surface area is 310 Å². The standard InChI is InChI=1S/C51H37NO/c1-51(2)45-17-10-9-16-42(45)43-32-33-44-48-46(18-11-19-47(48)53-50(44)49(43)51)52(40-28-24-38(25-29-40)35-14-7-4-8-15-35)41-30-26-39(27-31-41)37-22-20-36(21-23-37)34-12-5-3-6-13-34/h3-33H,1-2H3. The van der Waals surface area contributed by atoms with Gasteiger partial charge in [0.1, 0.15) is 11.2 Å². The molecule has 53 heavy (non-hydrogen) atoms. The fraction of sp³-hybridized carbons (Fsp3) is 0.0588. The summed E-state index contributed by atoms with van der Waals surface area (Å²) in [6, 6.07) is 67.6. The van der Waals surface area contributed by atoms with Crippen LogP contribution in [0, 0.1) is 0 Å². The van der Waals surface area contributed by atoms with Gasteiger partial charge in [-0.1, -0.05) is 159 Å². The Morgan fingerprint density at radius 2 is 0.906 bits per heavy atom. The Kier molecular flexibility index (Phi) is 7.19. The van der Waals surface area contributed by atoms with E-state index in [2.05, 4.69) is 207 Å². The highest BCUT2D eigenvalue weighted by atomic mass is 16.3. The van der Waals surface area contributed by atoms with Crippen LogP contribution in [0.1, 0.15) is 25.0 Å². The predicted molar refractivity (Wildman–Crippen MR) is 222 cm³/mol. The molecule has 0 radical (unpaired) electrons. The zero-order chi connectivity index (χ0) is 35.5. The lowest BCUT2D eigenvalue weighted by atomic mass is 9.82. The predicted octanol–water partition coefficient (Wildman–Crippen LogP) is 14.4. The maximum absolute atomic E-state index is 6.89. The first-order chi connectivity index (χ1) is 26.0. The van der Waals surface area contributed by atoms with Crippen LogP contribution in [0.25, 0.3) is 66.4 Å². The molecular weight excluding hydrogens is 643 g/mol. The van der Waals surface area contributed by atoms with Gasteiger partial charge in [0.2, 0.25) is 0 Å². The van der Waals surface area contributed by atoms with E-state index in [0.717, 1.165) is 39.0 Å². The number of furan rings is 1. The van der Waals surface area contributed by atoms with E-state index in [9.17, 15) is 0 Å². The number of rotatable bonds is 6. The number of hydrogen-bond donors (Lipinski definition) is 0. The van der Waals surface area contributed by atoms with Gasteiger partial charge in [0.25, 0.3) is 0 Å². The maximum Gasteiger partial charge on any atom is 0.140 e. The molecule has 8 aromatic carbocycles. The topological polar surface area (TPSA) is 16.4 Å². The first-order valence-electron chi connectivity index (χ1n) is 18.3. The molecule has 2 heteroatoms. The highest BCUT2D eigenvalue weighted by molar-refractivity contribution is 6.15. The van der Waals surface area contributed by atoms with Crippen LogP contribution in [-0.2, 0) is 5.41 Å². The second kappa shape index (κ2) is 12.3. The molecule has 252 valence electrons. The molecule has 0 unspecified atom stereocenters. The summed E-state index contributed by atoms with van der Waals surface area (Å²) in [5.74, 6) is 0. The van der Waals surface area contributed by atoms with E-state index < -0.39 is 0 Å². The minimum Gasteiger partial charge on any atom is -0.456 e. The summed E-state index contributed by atoms with van der Waals surface area (Å²) in [5.41, 5.74) is 17.3. The zero-order valence-electron chi connectivity index (χ0n) is 29.8. The van der Waals surface area contributed by atoms with Crippen molar-refractivity contribution in [1.82, 2.24) is 0 Å². The van der Waals surface area contributed by atoms with Gasteiger partial charge in [-0.25, -0.2) is 0 Å². The van der Waals surface area contributed by atoms with Crippen LogP contribution >= 0.6 is 0 Å². The van der Waals surface area contributed by atoms with Crippen molar-refractivity contribution in [2.24, 2.45) is 0 Å². The van der Waals surface area contributed by atoms with E-state index in [1.807, 2.05) is 0 Å². The zero-order valence-corrected chi connectivity index (χ0v) is 29.8. The third-order valence-corrected chi connectivity index (χ3v) is 11.1. The summed E-state index contributed by atoms with van der Waals surface area (Å²) in [4.78, 5) is 2.38. The molecule has 2 nitrogen and oxygen atoms in total. The van der Waals surface area contributed by atoms with Crippen molar-refractivity contribution in [3.63, 3.8) is 0 Å². The monoisotopic (exact) mass is 679 g/mol. The lowest BCUT2D eigenvalue weighted by molar-refractivity contribution is 0.620. The third-order valence-electron chi connectivity index (χ3n) is 11.1. The molecule has 0 saturated carbocycles. The fourth-order valence-electron chi connectivity index (χ4n) is 8.45. The Hall–Kier alpha value is -6.64. The second-order valence-electron chi connectivity index (χ2n) is 14.5. The van der Waals surface area contributed by atoms with Crippen molar-refractivity contribution in [2.45, 2.75) is 19.3 Å². The van der Waals surface area contributed by atoms with Crippen molar-refractivity contribution in [3.05, 3.63) is 199 Å². The largest absolute Gasteiger partial charge is 0.456 e. The van der Waals surface area contributed by atoms with E-state index in [0.29, 0.717) is 0 Å². The number of anilines is 3. The molecule has 1 heterocycles. The summed E-state index contributed by atoms with van der Waals surface area (Å²) < 4.78 is 6.89. The molecule has 9 aromatic rings. The smallest absolute Gasteiger partial charge is 0.140 e. The van der Waals surface area contributed by atoms with Gasteiger partial charge in [-0.2, -0.15) is 0 Å². The normalized spacial score (nSPS) is 12.9. The van der Waals surface area contributed by atoms with Crippen LogP contribution < -0.4 is 4.90 Å². The van der Waals surface area contributed by atoms with Gasteiger partial charge in [-0.05, 0) is 92.5 Å². The second-order valence-corrected chi connectivity index (χ2v) is 14.5. The summed E-state index contributed by atoms with van der Waals surface area (Å²) in [7, 11) is 0. The molecule has 0 amide bonds. The lowest BCUT2D eigenvalue weighted by Crippen LogP contribution is -2.15. The van der Waals surface area contributed by atoms with Gasteiger partial charge < -0.3 is 9.32 Å². The first-order valence-corrected chi connectivity index (χ1v) is 18.3. The Morgan fingerprint density at radius 3 is 1.47 bits per heavy atom. The average Bonchev–Trinajstić information content (AvgIpc) is 3.72. The molecule has 1 aromatic heterocycles. The van der Waals surface area contributed by atoms with E-state index in [4.69, 9.17) is 4.42 Å². The fourth-order valence-corrected chi connectivity index (χ4v) is 8.45. The molecule has 0 aliphatic heterocycles. The third kappa shape index (κ3) is 5.10. The minimum atomic E-state index is -0.179. The van der Waals surface area contributed by atoms with Gasteiger partial charge in [-0.3, -0.25) is 0 Å². The van der Waals surface area contributed by atoms with Crippen LogP contribution in [0.3, 0.4) is 0 Å². The van der Waals surface area contributed by atoms with Crippen molar-refractivity contribution in [2.75, 3.05) is 4.90 Å². The summed E-state index contributed by atoms with van der Waals surface area (Å²) in [6.07, 6.45) is 0. The summed E-state index contributed by atoms with van der Waals surface area (Å²) in [6.45, 7) is 4.64. The Morgan fingerprint density at radius 1 is 0.415 bits per heavy atom. The van der Waals surface area contributed by atoms with E-state index in [1.54, 1.807) is 0 Å². The minimum absolute atomic E-state index is 0.179. The highest BCUT2D eigenvalue weighted by Gasteiger charge is 2.38. The first kappa shape index (κ1) is 31.1. The molecule has 0 N–H and O–H groups in total. The van der Waals surface area contributed by atoms with Crippen molar-refractivity contribution in [1.29, 1.82) is 0 Å². The summed E-state index contributed by atoms with van der Waals surface area (Å²) >= 11 is 0. The molecular formula is C51H37NO. The molecule has 0 spiro atoms. The van der Waals surface area contributed by atoms with E-state index in [1.165, 1.54) is 55.6 Å². The van der Waals surface area contributed by atoms with Crippen molar-refractivity contribution in [3.8, 4) is 44.5 Å². The average molecular weight is 680 g/mol. The van der Waals surface area contributed by atoms with Gasteiger partial charge in [0.15, 0.2) is 0 Å². The molecule has 0 bridgehead atoms. The van der Waals surface area contributed by atoms with Crippen LogP contribution in [0.5, 0.6) is 0 Å². The lowest BCUT2D eigenvalue weighted by Gasteiger charge is -2.27. The number of nitrogens with zero attached hydrogens (tertiary/aromatic N) is 1. The van der Waals surface area contributed by atoms with Crippen molar-refractivity contribution >= 4 is 39.0 Å². The molecule has 1 aliphatic rings. The molecule has 1 aliphatic carbocycles. The molecule has 0 fully saturated rings. The van der Waals surface area contributed by atoms with Crippen molar-refractivity contribution < 1.29 is 4.42 Å². The van der Waals surface area contributed by atoms with Crippen LogP contribution in [-0.4, -0.2) is 0 Å². The molecule has 0 atom stereocenters. The van der Waals surface area contributed by atoms with Crippen LogP contribution in [0.2, 0.25) is 0 Å². The van der Waals surface area contributed by atoms with Gasteiger partial charge in [0, 0.05) is 27.7 Å². The summed E-state index contributed by atoms with van der Waals surface area (Å²) in [5, 5.41) is 2.25. The van der Waals surface area contributed by atoms with Gasteiger partial charge in [-0.15, -0.1) is 0 Å². The number of benzene rings is 8. The SMILES string of the molecule is CC1(C)c2ccccc2-c2ccc3c(oc4cccc(N(c5ccc(-c6ccccc6)cc5)c5ccc(-c6ccc(-c7ccccc7)cc6)cc5)c43)c21. The highest BCUT2D eigenvalue weighted by Crippen LogP contribution is 2.53. The van der Waals surface area contributed by atoms with Crippen LogP contribution in [0.15, 0.2) is 192 Å². The van der Waals surface area contributed by atoms with Gasteiger partial charge in [0.05, 0.1) is 11.1 Å². The Bertz CT molecular complexity index is 2760. The maximum atomic E-state index is 6.89. The number of hydrogen-bond acceptors (Lipinski definition) is 2. The van der Waals surface area contributed by atoms with E-state index >= 15 is 0 Å². The Balaban J connectivity index is 1.11. The van der Waals surface area contributed by atoms with Gasteiger partial charge >= 0.3 is 0 Å².